The summed E-state index contributed by atoms with van der Waals surface area (Å²) in [5.41, 5.74) is 0. The zero-order valence-electron chi connectivity index (χ0n) is 3.93. The van der Waals surface area contributed by atoms with E-state index >= 15 is 0 Å². The van der Waals surface area contributed by atoms with Gasteiger partial charge in [0.15, 0.2) is 0 Å². The van der Waals surface area contributed by atoms with Gasteiger partial charge in [-0.3, -0.25) is 0 Å². The molecule has 6 heavy (non-hydrogen) atoms. The SMILES string of the molecule is C[CH2][GeH3].Cl.Cl.Cl. The predicted octanol–water partition coefficient (Wildman–Crippen LogP) is 1.06. The average molecular weight is 214 g/mol. The standard InChI is InChI=1S/C2H8Ge.3ClH/c1-2-3;;;/h2H2,1,3H3;3*1H. The second-order valence-electron chi connectivity index (χ2n) is 0.707. The van der Waals surface area contributed by atoms with Crippen molar-refractivity contribution < 1.29 is 0 Å². The Morgan fingerprint density at radius 1 is 1.17 bits per heavy atom. The Balaban J connectivity index is -0.00000000667. The fourth-order valence-corrected chi connectivity index (χ4v) is 0. The zero-order chi connectivity index (χ0) is 2.71. The molecule has 0 nitrogen and oxygen atoms in total. The van der Waals surface area contributed by atoms with Crippen LogP contribution in [0.15, 0.2) is 0 Å². The van der Waals surface area contributed by atoms with E-state index in [1.165, 1.54) is 5.25 Å². The van der Waals surface area contributed by atoms with E-state index in [2.05, 4.69) is 6.92 Å². The van der Waals surface area contributed by atoms with Crippen molar-refractivity contribution in [3.05, 3.63) is 0 Å². The maximum atomic E-state index is 2.21. The molecule has 0 fully saturated rings. The number of halogens is 3. The summed E-state index contributed by atoms with van der Waals surface area (Å²) < 4.78 is 0. The van der Waals surface area contributed by atoms with Gasteiger partial charge in [-0.15, -0.1) is 37.2 Å². The smallest absolute Gasteiger partial charge is 0.147 e. The Labute approximate surface area is 65.9 Å². The first kappa shape index (κ1) is 26.2. The summed E-state index contributed by atoms with van der Waals surface area (Å²) in [5, 5.41) is 1.44. The fraction of sp³-hybridized carbons (Fsp3) is 1.00. The second-order valence-corrected chi connectivity index (χ2v) is 3.67. The van der Waals surface area contributed by atoms with Crippen molar-refractivity contribution in [1.29, 1.82) is 0 Å². The Hall–Kier alpha value is 1.41. The minimum absolute atomic E-state index is 0. The summed E-state index contributed by atoms with van der Waals surface area (Å²) in [5.74, 6) is 0. The van der Waals surface area contributed by atoms with Crippen LogP contribution in [0.4, 0.5) is 0 Å². The minimum atomic E-state index is 0. The molecular weight excluding hydrogens is 203 g/mol. The van der Waals surface area contributed by atoms with Gasteiger partial charge in [0.2, 0.25) is 0 Å². The summed E-state index contributed by atoms with van der Waals surface area (Å²) in [4.78, 5) is 0. The van der Waals surface area contributed by atoms with Crippen LogP contribution < -0.4 is 0 Å². The van der Waals surface area contributed by atoms with Crippen LogP contribution in [-0.4, -0.2) is 16.5 Å². The van der Waals surface area contributed by atoms with Crippen LogP contribution in [-0.2, 0) is 0 Å². The molecule has 0 aromatic heterocycles. The van der Waals surface area contributed by atoms with Crippen molar-refractivity contribution in [3.63, 3.8) is 0 Å². The molecule has 0 saturated heterocycles. The Bertz CT molecular complexity index is 8.75. The molecular formula is C2H11Cl3Ge. The molecule has 44 valence electrons. The Morgan fingerprint density at radius 2 is 1.17 bits per heavy atom. The van der Waals surface area contributed by atoms with E-state index in [9.17, 15) is 0 Å². The van der Waals surface area contributed by atoms with Crippen molar-refractivity contribution in [3.8, 4) is 0 Å². The summed E-state index contributed by atoms with van der Waals surface area (Å²) in [6.45, 7) is 2.21. The van der Waals surface area contributed by atoms with Crippen molar-refractivity contribution in [2.24, 2.45) is 0 Å². The van der Waals surface area contributed by atoms with Crippen molar-refractivity contribution >= 4 is 53.7 Å². The van der Waals surface area contributed by atoms with Crippen LogP contribution in [0, 0.1) is 0 Å². The summed E-state index contributed by atoms with van der Waals surface area (Å²) in [6.07, 6.45) is 0. The quantitative estimate of drug-likeness (QED) is 0.529. The summed E-state index contributed by atoms with van der Waals surface area (Å²) in [7, 11) is 0. The van der Waals surface area contributed by atoms with Crippen molar-refractivity contribution in [2.75, 3.05) is 0 Å². The molecule has 0 bridgehead atoms. The van der Waals surface area contributed by atoms with E-state index in [1.54, 1.807) is 0 Å². The Morgan fingerprint density at radius 3 is 1.17 bits per heavy atom. The zero-order valence-corrected chi connectivity index (χ0v) is 10.6. The molecule has 0 aliphatic rings. The van der Waals surface area contributed by atoms with E-state index in [0.29, 0.717) is 0 Å². The molecule has 0 atom stereocenters. The van der Waals surface area contributed by atoms with Crippen molar-refractivity contribution in [1.82, 2.24) is 0 Å². The van der Waals surface area contributed by atoms with Crippen LogP contribution in [0.5, 0.6) is 0 Å². The number of rotatable bonds is 0. The van der Waals surface area contributed by atoms with Crippen LogP contribution in [0.2, 0.25) is 5.25 Å². The summed E-state index contributed by atoms with van der Waals surface area (Å²) >= 11 is 1.10. The molecule has 0 amide bonds. The normalized spacial score (nSPS) is 3.50. The van der Waals surface area contributed by atoms with Gasteiger partial charge in [-0.2, -0.15) is 0 Å². The first-order valence-corrected chi connectivity index (χ1v) is 4.38. The van der Waals surface area contributed by atoms with Gasteiger partial charge in [-0.1, -0.05) is 0 Å². The van der Waals surface area contributed by atoms with Gasteiger partial charge in [-0.05, 0) is 0 Å². The van der Waals surface area contributed by atoms with E-state index in [4.69, 9.17) is 0 Å². The molecule has 0 spiro atoms. The first-order chi connectivity index (χ1) is 1.41. The van der Waals surface area contributed by atoms with Crippen molar-refractivity contribution in [2.45, 2.75) is 12.2 Å². The predicted molar refractivity (Wildman–Crippen MR) is 42.2 cm³/mol. The van der Waals surface area contributed by atoms with E-state index in [1.807, 2.05) is 0 Å². The molecule has 0 heterocycles. The topological polar surface area (TPSA) is 0 Å². The third kappa shape index (κ3) is 52.8. The average Bonchev–Trinajstić information content (AvgIpc) is 0.918. The Kier molecular flexibility index (Phi) is 141. The van der Waals surface area contributed by atoms with Crippen LogP contribution >= 0.6 is 37.2 Å². The van der Waals surface area contributed by atoms with Crippen LogP contribution in [0.25, 0.3) is 0 Å². The molecule has 0 saturated carbocycles. The molecule has 0 N–H and O–H groups in total. The largest absolute Gasteiger partial charge is 0.147 e. The first-order valence-electron chi connectivity index (χ1n) is 1.41. The van der Waals surface area contributed by atoms with Gasteiger partial charge >= 0.3 is 28.7 Å². The van der Waals surface area contributed by atoms with Crippen LogP contribution in [0.1, 0.15) is 6.92 Å². The molecule has 0 aliphatic heterocycles. The van der Waals surface area contributed by atoms with Gasteiger partial charge in [0.1, 0.15) is 0 Å². The third-order valence-corrected chi connectivity index (χ3v) is 0. The molecule has 0 aromatic carbocycles. The van der Waals surface area contributed by atoms with E-state index in [-0.39, 0.29) is 37.2 Å². The molecule has 0 unspecified atom stereocenters. The van der Waals surface area contributed by atoms with Gasteiger partial charge < -0.3 is 0 Å². The van der Waals surface area contributed by atoms with E-state index in [0.717, 1.165) is 16.5 Å². The number of hydrogen-bond acceptors (Lipinski definition) is 0. The van der Waals surface area contributed by atoms with Gasteiger partial charge in [0.25, 0.3) is 0 Å². The monoisotopic (exact) mass is 214 g/mol. The van der Waals surface area contributed by atoms with Gasteiger partial charge in [0, 0.05) is 0 Å². The second kappa shape index (κ2) is 32.3. The molecule has 0 aliphatic carbocycles. The molecule has 0 aromatic rings. The van der Waals surface area contributed by atoms with E-state index < -0.39 is 0 Å². The maximum absolute atomic E-state index is 2.21. The molecule has 4 heteroatoms. The van der Waals surface area contributed by atoms with Crippen LogP contribution in [0.3, 0.4) is 0 Å². The summed E-state index contributed by atoms with van der Waals surface area (Å²) in [6, 6.07) is 0. The number of hydrogen-bond donors (Lipinski definition) is 0. The van der Waals surface area contributed by atoms with Gasteiger partial charge in [0.05, 0.1) is 0 Å². The molecule has 0 radical (unpaired) electrons. The fourth-order valence-electron chi connectivity index (χ4n) is 0. The van der Waals surface area contributed by atoms with Gasteiger partial charge in [-0.25, -0.2) is 0 Å². The minimum Gasteiger partial charge on any atom is -0.147 e. The third-order valence-electron chi connectivity index (χ3n) is 0. The molecule has 0 rings (SSSR count). The maximum Gasteiger partial charge on any atom is -0.147 e.